The number of para-hydroxylation sites is 1. The molecule has 0 aliphatic carbocycles. The molecule has 1 amide bonds. The molecular weight excluding hydrogens is 302 g/mol. The van der Waals surface area contributed by atoms with Crippen molar-refractivity contribution in [2.24, 2.45) is 0 Å². The maximum Gasteiger partial charge on any atom is 0.253 e. The first kappa shape index (κ1) is 16.3. The standard InChI is InChI=1S/C18H23N5O/c1-22-9-11-23(12-10-22)17-14(5-4-8-20-17)13-21-18(24)15-6-2-3-7-16(15)19/h2-8H,9-13,19H2,1H3,(H,21,24). The number of piperazine rings is 1. The van der Waals surface area contributed by atoms with Crippen molar-refractivity contribution in [3.63, 3.8) is 0 Å². The van der Waals surface area contributed by atoms with Gasteiger partial charge < -0.3 is 20.9 Å². The SMILES string of the molecule is CN1CCN(c2ncccc2CNC(=O)c2ccccc2N)CC1. The Morgan fingerprint density at radius 2 is 1.92 bits per heavy atom. The van der Waals surface area contributed by atoms with Crippen molar-refractivity contribution in [1.29, 1.82) is 0 Å². The lowest BCUT2D eigenvalue weighted by Gasteiger charge is -2.34. The third kappa shape index (κ3) is 3.65. The third-order valence-corrected chi connectivity index (χ3v) is 4.32. The first-order valence-electron chi connectivity index (χ1n) is 8.15. The molecule has 24 heavy (non-hydrogen) atoms. The lowest BCUT2D eigenvalue weighted by Crippen LogP contribution is -2.45. The molecule has 2 aromatic rings. The molecular formula is C18H23N5O. The topological polar surface area (TPSA) is 74.5 Å². The van der Waals surface area contributed by atoms with Crippen molar-refractivity contribution in [2.45, 2.75) is 6.54 Å². The van der Waals surface area contributed by atoms with E-state index in [9.17, 15) is 4.79 Å². The minimum Gasteiger partial charge on any atom is -0.398 e. The van der Waals surface area contributed by atoms with Gasteiger partial charge in [0.2, 0.25) is 0 Å². The van der Waals surface area contributed by atoms with Gasteiger partial charge in [-0.2, -0.15) is 0 Å². The molecule has 3 N–H and O–H groups in total. The highest BCUT2D eigenvalue weighted by Gasteiger charge is 2.18. The smallest absolute Gasteiger partial charge is 0.253 e. The molecule has 0 spiro atoms. The van der Waals surface area contributed by atoms with E-state index in [2.05, 4.69) is 27.1 Å². The molecule has 0 saturated carbocycles. The van der Waals surface area contributed by atoms with Gasteiger partial charge in [-0.1, -0.05) is 18.2 Å². The molecule has 6 heteroatoms. The minimum atomic E-state index is -0.165. The van der Waals surface area contributed by atoms with Gasteiger partial charge in [-0.15, -0.1) is 0 Å². The van der Waals surface area contributed by atoms with E-state index in [1.165, 1.54) is 0 Å². The van der Waals surface area contributed by atoms with Gasteiger partial charge in [-0.25, -0.2) is 4.98 Å². The summed E-state index contributed by atoms with van der Waals surface area (Å²) in [5, 5.41) is 2.95. The fourth-order valence-electron chi connectivity index (χ4n) is 2.85. The number of nitrogens with zero attached hydrogens (tertiary/aromatic N) is 3. The van der Waals surface area contributed by atoms with Crippen LogP contribution < -0.4 is 16.0 Å². The lowest BCUT2D eigenvalue weighted by atomic mass is 10.1. The number of carbonyl (C=O) groups excluding carboxylic acids is 1. The van der Waals surface area contributed by atoms with Crippen molar-refractivity contribution in [2.75, 3.05) is 43.9 Å². The van der Waals surface area contributed by atoms with Crippen LogP contribution in [0.15, 0.2) is 42.6 Å². The number of nitrogen functional groups attached to an aromatic ring is 1. The Morgan fingerprint density at radius 3 is 2.67 bits per heavy atom. The van der Waals surface area contributed by atoms with Crippen LogP contribution in [0, 0.1) is 0 Å². The maximum atomic E-state index is 12.3. The number of hydrogen-bond acceptors (Lipinski definition) is 5. The maximum absolute atomic E-state index is 12.3. The van der Waals surface area contributed by atoms with E-state index in [0.717, 1.165) is 37.6 Å². The van der Waals surface area contributed by atoms with E-state index in [0.29, 0.717) is 17.8 Å². The van der Waals surface area contributed by atoms with E-state index >= 15 is 0 Å². The van der Waals surface area contributed by atoms with Gasteiger partial charge in [0.15, 0.2) is 0 Å². The molecule has 1 saturated heterocycles. The van der Waals surface area contributed by atoms with Gasteiger partial charge in [0, 0.05) is 50.2 Å². The van der Waals surface area contributed by atoms with Crippen LogP contribution >= 0.6 is 0 Å². The van der Waals surface area contributed by atoms with Crippen LogP contribution in [0.5, 0.6) is 0 Å². The Morgan fingerprint density at radius 1 is 1.17 bits per heavy atom. The summed E-state index contributed by atoms with van der Waals surface area (Å²) >= 11 is 0. The number of benzene rings is 1. The Labute approximate surface area is 142 Å². The Bertz CT molecular complexity index is 710. The number of hydrogen-bond donors (Lipinski definition) is 2. The molecule has 1 aromatic heterocycles. The highest BCUT2D eigenvalue weighted by atomic mass is 16.1. The van der Waals surface area contributed by atoms with Crippen LogP contribution in [-0.4, -0.2) is 49.0 Å². The van der Waals surface area contributed by atoms with Crippen LogP contribution in [0.25, 0.3) is 0 Å². The van der Waals surface area contributed by atoms with Crippen molar-refractivity contribution in [3.8, 4) is 0 Å². The van der Waals surface area contributed by atoms with Gasteiger partial charge in [0.05, 0.1) is 5.56 Å². The second-order valence-electron chi connectivity index (χ2n) is 6.05. The van der Waals surface area contributed by atoms with Gasteiger partial charge >= 0.3 is 0 Å². The first-order valence-corrected chi connectivity index (χ1v) is 8.15. The van der Waals surface area contributed by atoms with E-state index in [1.807, 2.05) is 24.3 Å². The average Bonchev–Trinajstić information content (AvgIpc) is 2.61. The molecule has 1 aliphatic rings. The summed E-state index contributed by atoms with van der Waals surface area (Å²) in [5.74, 6) is 0.785. The number of aromatic nitrogens is 1. The van der Waals surface area contributed by atoms with Crippen molar-refractivity contribution in [3.05, 3.63) is 53.7 Å². The number of carbonyl (C=O) groups is 1. The van der Waals surface area contributed by atoms with Gasteiger partial charge in [0.1, 0.15) is 5.82 Å². The molecule has 0 bridgehead atoms. The minimum absolute atomic E-state index is 0.165. The molecule has 1 fully saturated rings. The van der Waals surface area contributed by atoms with Crippen LogP contribution in [0.4, 0.5) is 11.5 Å². The number of anilines is 2. The number of pyridine rings is 1. The molecule has 3 rings (SSSR count). The molecule has 6 nitrogen and oxygen atoms in total. The summed E-state index contributed by atoms with van der Waals surface area (Å²) in [5.41, 5.74) is 7.87. The summed E-state index contributed by atoms with van der Waals surface area (Å²) in [7, 11) is 2.13. The van der Waals surface area contributed by atoms with Crippen molar-refractivity contribution in [1.82, 2.24) is 15.2 Å². The summed E-state index contributed by atoms with van der Waals surface area (Å²) in [6, 6.07) is 11.0. The Hall–Kier alpha value is -2.60. The second kappa shape index (κ2) is 7.31. The molecule has 1 aromatic carbocycles. The van der Waals surface area contributed by atoms with Gasteiger partial charge in [0.25, 0.3) is 5.91 Å². The monoisotopic (exact) mass is 325 g/mol. The quantitative estimate of drug-likeness (QED) is 0.830. The fraction of sp³-hybridized carbons (Fsp3) is 0.333. The van der Waals surface area contributed by atoms with Crippen molar-refractivity contribution < 1.29 is 4.79 Å². The molecule has 126 valence electrons. The number of rotatable bonds is 4. The van der Waals surface area contributed by atoms with E-state index in [1.54, 1.807) is 18.3 Å². The zero-order chi connectivity index (χ0) is 16.9. The van der Waals surface area contributed by atoms with E-state index in [-0.39, 0.29) is 5.91 Å². The van der Waals surface area contributed by atoms with Crippen LogP contribution in [-0.2, 0) is 6.54 Å². The second-order valence-corrected chi connectivity index (χ2v) is 6.05. The number of likely N-dealkylation sites (N-methyl/N-ethyl adjacent to an activating group) is 1. The molecule has 1 aliphatic heterocycles. The third-order valence-electron chi connectivity index (χ3n) is 4.32. The lowest BCUT2D eigenvalue weighted by molar-refractivity contribution is 0.0952. The summed E-state index contributed by atoms with van der Waals surface area (Å²) in [6.07, 6.45) is 1.80. The van der Waals surface area contributed by atoms with Gasteiger partial charge in [-0.3, -0.25) is 4.79 Å². The molecule has 0 atom stereocenters. The fourth-order valence-corrected chi connectivity index (χ4v) is 2.85. The van der Waals surface area contributed by atoms with Crippen LogP contribution in [0.3, 0.4) is 0 Å². The zero-order valence-corrected chi connectivity index (χ0v) is 13.9. The molecule has 0 radical (unpaired) electrons. The highest BCUT2D eigenvalue weighted by molar-refractivity contribution is 5.99. The molecule has 2 heterocycles. The summed E-state index contributed by atoms with van der Waals surface area (Å²) in [6.45, 7) is 4.36. The zero-order valence-electron chi connectivity index (χ0n) is 13.9. The Kier molecular flexibility index (Phi) is 4.96. The van der Waals surface area contributed by atoms with Crippen LogP contribution in [0.1, 0.15) is 15.9 Å². The predicted octanol–water partition coefficient (Wildman–Crippen LogP) is 1.35. The van der Waals surface area contributed by atoms with E-state index in [4.69, 9.17) is 5.73 Å². The number of nitrogens with one attached hydrogen (secondary N) is 1. The summed E-state index contributed by atoms with van der Waals surface area (Å²) < 4.78 is 0. The number of amides is 1. The van der Waals surface area contributed by atoms with Crippen molar-refractivity contribution >= 4 is 17.4 Å². The Balaban J connectivity index is 1.70. The first-order chi connectivity index (χ1) is 11.6. The summed E-state index contributed by atoms with van der Waals surface area (Å²) in [4.78, 5) is 21.4. The largest absolute Gasteiger partial charge is 0.398 e. The average molecular weight is 325 g/mol. The molecule has 0 unspecified atom stereocenters. The number of nitrogens with two attached hydrogens (primary N) is 1. The highest BCUT2D eigenvalue weighted by Crippen LogP contribution is 2.19. The van der Waals surface area contributed by atoms with Crippen LogP contribution in [0.2, 0.25) is 0 Å². The van der Waals surface area contributed by atoms with Gasteiger partial charge in [-0.05, 0) is 25.2 Å². The normalized spacial score (nSPS) is 15.3. The van der Waals surface area contributed by atoms with E-state index < -0.39 is 0 Å². The predicted molar refractivity (Wildman–Crippen MR) is 96.0 cm³/mol.